The zero-order chi connectivity index (χ0) is 22.9. The number of amides is 1. The van der Waals surface area contributed by atoms with E-state index in [4.69, 9.17) is 22.4 Å². The zero-order valence-corrected chi connectivity index (χ0v) is 19.4. The maximum Gasteiger partial charge on any atom is 0.246 e. The van der Waals surface area contributed by atoms with Gasteiger partial charge in [-0.1, -0.05) is 36.2 Å². The van der Waals surface area contributed by atoms with Crippen molar-refractivity contribution in [1.82, 2.24) is 29.5 Å². The molecule has 1 atom stereocenters. The van der Waals surface area contributed by atoms with Crippen molar-refractivity contribution in [2.24, 2.45) is 0 Å². The number of likely N-dealkylation sites (N-methyl/N-ethyl adjacent to an activating group) is 1. The van der Waals surface area contributed by atoms with E-state index in [9.17, 15) is 4.79 Å². The monoisotopic (exact) mass is 465 g/mol. The number of hydrogen-bond donors (Lipinski definition) is 1. The largest absolute Gasteiger partial charge is 0.383 e. The second kappa shape index (κ2) is 9.11. The Labute approximate surface area is 198 Å². The van der Waals surface area contributed by atoms with Gasteiger partial charge in [0.1, 0.15) is 17.8 Å². The number of nitrogens with two attached hydrogens (primary N) is 1. The lowest BCUT2D eigenvalue weighted by Gasteiger charge is -2.33. The molecular formula is C24H28ClN7O. The number of nitrogen functional groups attached to an aromatic ring is 1. The highest BCUT2D eigenvalue weighted by molar-refractivity contribution is 6.30. The Hall–Kier alpha value is -2.97. The Morgan fingerprint density at radius 1 is 1.24 bits per heavy atom. The number of halogens is 1. The summed E-state index contributed by atoms with van der Waals surface area (Å²) < 4.78 is 1.90. The molecule has 0 radical (unpaired) electrons. The van der Waals surface area contributed by atoms with Gasteiger partial charge in [0.2, 0.25) is 5.91 Å². The van der Waals surface area contributed by atoms with Gasteiger partial charge in [0.25, 0.3) is 0 Å². The molecule has 1 aromatic carbocycles. The van der Waals surface area contributed by atoms with Crippen LogP contribution in [0.25, 0.3) is 22.3 Å². The smallest absolute Gasteiger partial charge is 0.246 e. The summed E-state index contributed by atoms with van der Waals surface area (Å²) >= 11 is 6.06. The Balaban J connectivity index is 1.34. The molecule has 172 valence electrons. The summed E-state index contributed by atoms with van der Waals surface area (Å²) in [6, 6.07) is 8.17. The average molecular weight is 466 g/mol. The van der Waals surface area contributed by atoms with Crippen LogP contribution < -0.4 is 5.73 Å². The second-order valence-electron chi connectivity index (χ2n) is 8.91. The molecule has 1 saturated heterocycles. The van der Waals surface area contributed by atoms with Crippen LogP contribution in [0, 0.1) is 0 Å². The van der Waals surface area contributed by atoms with E-state index < -0.39 is 0 Å². The minimum absolute atomic E-state index is 0.0258. The number of benzene rings is 1. The van der Waals surface area contributed by atoms with Crippen molar-refractivity contribution in [2.45, 2.75) is 37.8 Å². The first kappa shape index (κ1) is 21.9. The lowest BCUT2D eigenvalue weighted by molar-refractivity contribution is -0.125. The Morgan fingerprint density at radius 2 is 2.03 bits per heavy atom. The van der Waals surface area contributed by atoms with E-state index in [1.165, 1.54) is 25.6 Å². The predicted molar refractivity (Wildman–Crippen MR) is 130 cm³/mol. The van der Waals surface area contributed by atoms with E-state index in [1.807, 2.05) is 39.9 Å². The number of likely N-dealkylation sites (tertiary alicyclic amines) is 1. The van der Waals surface area contributed by atoms with Gasteiger partial charge < -0.3 is 10.6 Å². The number of aromatic nitrogens is 4. The van der Waals surface area contributed by atoms with Crippen molar-refractivity contribution in [3.05, 3.63) is 47.8 Å². The fourth-order valence-electron chi connectivity index (χ4n) is 4.60. The number of anilines is 1. The van der Waals surface area contributed by atoms with Crippen LogP contribution in [0.1, 0.15) is 31.7 Å². The SMILES string of the molecule is CN(CC=CC(=O)N1CCC(n2nc(-c3ccc(Cl)cc3)c3c(N)ncnc32)C1)C1CCC1. The van der Waals surface area contributed by atoms with E-state index in [1.54, 1.807) is 6.08 Å². The minimum atomic E-state index is 0.0258. The summed E-state index contributed by atoms with van der Waals surface area (Å²) in [5.74, 6) is 0.434. The van der Waals surface area contributed by atoms with Crippen molar-refractivity contribution in [2.75, 3.05) is 32.4 Å². The van der Waals surface area contributed by atoms with Crippen molar-refractivity contribution in [3.8, 4) is 11.3 Å². The molecule has 2 aromatic heterocycles. The van der Waals surface area contributed by atoms with Crippen LogP contribution in [0.15, 0.2) is 42.7 Å². The maximum atomic E-state index is 12.8. The van der Waals surface area contributed by atoms with Crippen molar-refractivity contribution >= 4 is 34.4 Å². The minimum Gasteiger partial charge on any atom is -0.383 e. The molecule has 0 bridgehead atoms. The first-order valence-corrected chi connectivity index (χ1v) is 11.8. The van der Waals surface area contributed by atoms with Crippen LogP contribution in [-0.4, -0.2) is 68.2 Å². The molecule has 3 heterocycles. The fourth-order valence-corrected chi connectivity index (χ4v) is 4.73. The summed E-state index contributed by atoms with van der Waals surface area (Å²) in [7, 11) is 2.12. The fraction of sp³-hybridized carbons (Fsp3) is 0.417. The third kappa shape index (κ3) is 4.32. The zero-order valence-electron chi connectivity index (χ0n) is 18.7. The number of carbonyl (C=O) groups is 1. The topological polar surface area (TPSA) is 93.2 Å². The molecule has 1 amide bonds. The van der Waals surface area contributed by atoms with Gasteiger partial charge in [-0.2, -0.15) is 5.10 Å². The third-order valence-electron chi connectivity index (χ3n) is 6.81. The maximum absolute atomic E-state index is 12.8. The van der Waals surface area contributed by atoms with Crippen LogP contribution in [-0.2, 0) is 4.79 Å². The van der Waals surface area contributed by atoms with E-state index in [-0.39, 0.29) is 11.9 Å². The number of nitrogens with zero attached hydrogens (tertiary/aromatic N) is 6. The normalized spacial score (nSPS) is 19.1. The van der Waals surface area contributed by atoms with Crippen molar-refractivity contribution in [3.63, 3.8) is 0 Å². The molecule has 9 heteroatoms. The molecule has 2 aliphatic rings. The lowest BCUT2D eigenvalue weighted by Crippen LogP contribution is -2.37. The van der Waals surface area contributed by atoms with Crippen LogP contribution in [0.3, 0.4) is 0 Å². The van der Waals surface area contributed by atoms with E-state index in [2.05, 4.69) is 21.9 Å². The van der Waals surface area contributed by atoms with Gasteiger partial charge in [-0.25, -0.2) is 14.6 Å². The molecule has 1 saturated carbocycles. The summed E-state index contributed by atoms with van der Waals surface area (Å²) in [5, 5.41) is 6.26. The van der Waals surface area contributed by atoms with Crippen LogP contribution in [0.5, 0.6) is 0 Å². The second-order valence-corrected chi connectivity index (χ2v) is 9.35. The lowest BCUT2D eigenvalue weighted by atomic mass is 9.92. The van der Waals surface area contributed by atoms with Crippen LogP contribution in [0.4, 0.5) is 5.82 Å². The van der Waals surface area contributed by atoms with E-state index in [0.29, 0.717) is 35.6 Å². The predicted octanol–water partition coefficient (Wildman–Crippen LogP) is 3.54. The average Bonchev–Trinajstić information content (AvgIpc) is 3.39. The molecule has 1 aliphatic heterocycles. The standard InChI is InChI=1S/C24H28ClN7O/c1-30(18-4-2-5-18)12-3-6-20(33)31-13-11-19(14-31)32-24-21(23(26)27-15-28-24)22(29-32)16-7-9-17(25)10-8-16/h3,6-10,15,18-19H,2,4-5,11-14H2,1H3,(H2,26,27,28). The number of rotatable bonds is 6. The molecule has 1 aliphatic carbocycles. The molecule has 5 rings (SSSR count). The van der Waals surface area contributed by atoms with Gasteiger partial charge >= 0.3 is 0 Å². The summed E-state index contributed by atoms with van der Waals surface area (Å²) in [5.41, 5.74) is 8.53. The van der Waals surface area contributed by atoms with Crippen molar-refractivity contribution in [1.29, 1.82) is 0 Å². The molecule has 8 nitrogen and oxygen atoms in total. The molecular weight excluding hydrogens is 438 g/mol. The van der Waals surface area contributed by atoms with Gasteiger partial charge in [-0.3, -0.25) is 9.69 Å². The highest BCUT2D eigenvalue weighted by Crippen LogP contribution is 2.34. The Kier molecular flexibility index (Phi) is 6.03. The van der Waals surface area contributed by atoms with E-state index in [0.717, 1.165) is 29.6 Å². The van der Waals surface area contributed by atoms with E-state index >= 15 is 0 Å². The quantitative estimate of drug-likeness (QED) is 0.559. The highest BCUT2D eigenvalue weighted by Gasteiger charge is 2.30. The number of carbonyl (C=O) groups excluding carboxylic acids is 1. The van der Waals surface area contributed by atoms with Crippen molar-refractivity contribution < 1.29 is 4.79 Å². The first-order valence-electron chi connectivity index (χ1n) is 11.4. The summed E-state index contributed by atoms with van der Waals surface area (Å²) in [6.45, 7) is 2.07. The van der Waals surface area contributed by atoms with Crippen LogP contribution >= 0.6 is 11.6 Å². The summed E-state index contributed by atoms with van der Waals surface area (Å²) in [6.07, 6.45) is 9.78. The highest BCUT2D eigenvalue weighted by atomic mass is 35.5. The summed E-state index contributed by atoms with van der Waals surface area (Å²) in [4.78, 5) is 25.6. The molecule has 33 heavy (non-hydrogen) atoms. The van der Waals surface area contributed by atoms with Gasteiger partial charge in [0.15, 0.2) is 5.65 Å². The molecule has 3 aromatic rings. The van der Waals surface area contributed by atoms with Gasteiger partial charge in [0, 0.05) is 42.3 Å². The first-order chi connectivity index (χ1) is 16.0. The Morgan fingerprint density at radius 3 is 2.76 bits per heavy atom. The number of fused-ring (bicyclic) bond motifs is 1. The Bertz CT molecular complexity index is 1190. The third-order valence-corrected chi connectivity index (χ3v) is 7.06. The van der Waals surface area contributed by atoms with Gasteiger partial charge in [-0.15, -0.1) is 0 Å². The number of hydrogen-bond acceptors (Lipinski definition) is 6. The van der Waals surface area contributed by atoms with Gasteiger partial charge in [-0.05, 0) is 38.4 Å². The molecule has 1 unspecified atom stereocenters. The molecule has 0 spiro atoms. The van der Waals surface area contributed by atoms with Gasteiger partial charge in [0.05, 0.1) is 11.4 Å². The van der Waals surface area contributed by atoms with Crippen LogP contribution in [0.2, 0.25) is 5.02 Å². The molecule has 2 N–H and O–H groups in total. The molecule has 2 fully saturated rings.